The lowest BCUT2D eigenvalue weighted by Gasteiger charge is -2.28. The molecular weight excluding hydrogens is 424 g/mol. The first kappa shape index (κ1) is 26.9. The van der Waals surface area contributed by atoms with Crippen molar-refractivity contribution in [3.8, 4) is 0 Å². The molecule has 0 saturated heterocycles. The lowest BCUT2D eigenvalue weighted by Crippen LogP contribution is -2.22. The van der Waals surface area contributed by atoms with Gasteiger partial charge in [0.05, 0.1) is 0 Å². The van der Waals surface area contributed by atoms with Crippen molar-refractivity contribution in [1.29, 1.82) is 0 Å². The third-order valence-electron chi connectivity index (χ3n) is 7.64. The highest BCUT2D eigenvalue weighted by Gasteiger charge is 2.22. The molecule has 2 heteroatoms. The topological polar surface area (TPSA) is 6.48 Å². The molecule has 0 aliphatic rings. The summed E-state index contributed by atoms with van der Waals surface area (Å²) in [6.45, 7) is 24.4. The fourth-order valence-corrected chi connectivity index (χ4v) is 5.59. The fourth-order valence-electron chi connectivity index (χ4n) is 5.59. The standard InChI is InChI=1S/C33H46N2/c1-10-34(11-2)28-15-18-31(25(8)21-28)33(27-14-17-30(23(5)6)24(7)20-27)32-19-16-29(22-26(32)9)35(12-3)13-4/h14-23,33H,10-13H2,1-9H3. The van der Waals surface area contributed by atoms with Gasteiger partial charge in [0.15, 0.2) is 0 Å². The van der Waals surface area contributed by atoms with E-state index in [-0.39, 0.29) is 5.92 Å². The van der Waals surface area contributed by atoms with Gasteiger partial charge in [-0.3, -0.25) is 0 Å². The van der Waals surface area contributed by atoms with Crippen LogP contribution in [0.2, 0.25) is 0 Å². The minimum Gasteiger partial charge on any atom is -0.372 e. The second-order valence-corrected chi connectivity index (χ2v) is 10.1. The van der Waals surface area contributed by atoms with E-state index in [1.54, 1.807) is 0 Å². The number of benzene rings is 3. The van der Waals surface area contributed by atoms with Gasteiger partial charge in [-0.1, -0.05) is 44.2 Å². The van der Waals surface area contributed by atoms with Gasteiger partial charge in [-0.15, -0.1) is 0 Å². The highest BCUT2D eigenvalue weighted by Crippen LogP contribution is 2.39. The van der Waals surface area contributed by atoms with Crippen LogP contribution in [0.25, 0.3) is 0 Å². The highest BCUT2D eigenvalue weighted by molar-refractivity contribution is 5.59. The van der Waals surface area contributed by atoms with E-state index in [1.807, 2.05) is 0 Å². The predicted molar refractivity (Wildman–Crippen MR) is 156 cm³/mol. The number of nitrogens with zero attached hydrogens (tertiary/aromatic N) is 2. The number of hydrogen-bond acceptors (Lipinski definition) is 2. The maximum absolute atomic E-state index is 2.43. The molecule has 0 aliphatic carbocycles. The summed E-state index contributed by atoms with van der Waals surface area (Å²) in [5, 5.41) is 0. The summed E-state index contributed by atoms with van der Waals surface area (Å²) in [4.78, 5) is 4.86. The number of aryl methyl sites for hydroxylation is 3. The molecule has 35 heavy (non-hydrogen) atoms. The van der Waals surface area contributed by atoms with Gasteiger partial charge in [-0.05, 0) is 118 Å². The molecule has 3 aromatic carbocycles. The molecule has 0 heterocycles. The molecule has 188 valence electrons. The van der Waals surface area contributed by atoms with Crippen molar-refractivity contribution in [3.05, 3.63) is 93.5 Å². The lowest BCUT2D eigenvalue weighted by atomic mass is 9.79. The normalized spacial score (nSPS) is 11.4. The maximum Gasteiger partial charge on any atom is 0.0368 e. The van der Waals surface area contributed by atoms with Gasteiger partial charge >= 0.3 is 0 Å². The van der Waals surface area contributed by atoms with Crippen molar-refractivity contribution in [2.45, 2.75) is 74.1 Å². The van der Waals surface area contributed by atoms with Crippen molar-refractivity contribution >= 4 is 11.4 Å². The third-order valence-corrected chi connectivity index (χ3v) is 7.64. The minimum absolute atomic E-state index is 0.214. The second-order valence-electron chi connectivity index (χ2n) is 10.1. The molecule has 0 saturated carbocycles. The van der Waals surface area contributed by atoms with E-state index in [2.05, 4.69) is 127 Å². The predicted octanol–water partition coefficient (Wildman–Crippen LogP) is 8.61. The summed E-state index contributed by atoms with van der Waals surface area (Å²) in [6, 6.07) is 21.3. The van der Waals surface area contributed by atoms with Gasteiger partial charge in [0.1, 0.15) is 0 Å². The minimum atomic E-state index is 0.214. The van der Waals surface area contributed by atoms with Gasteiger partial charge in [-0.25, -0.2) is 0 Å². The van der Waals surface area contributed by atoms with Gasteiger partial charge < -0.3 is 9.80 Å². The molecular formula is C33H46N2. The van der Waals surface area contributed by atoms with Crippen LogP contribution in [0.5, 0.6) is 0 Å². The Balaban J connectivity index is 2.19. The van der Waals surface area contributed by atoms with Crippen LogP contribution >= 0.6 is 0 Å². The van der Waals surface area contributed by atoms with E-state index in [9.17, 15) is 0 Å². The highest BCUT2D eigenvalue weighted by atomic mass is 15.1. The molecule has 3 rings (SSSR count). The zero-order chi connectivity index (χ0) is 25.7. The molecule has 0 spiro atoms. The molecule has 0 aromatic heterocycles. The Hall–Kier alpha value is -2.74. The van der Waals surface area contributed by atoms with Gasteiger partial charge in [0, 0.05) is 43.5 Å². The lowest BCUT2D eigenvalue weighted by molar-refractivity contribution is 0.848. The summed E-state index contributed by atoms with van der Waals surface area (Å²) >= 11 is 0. The molecule has 0 atom stereocenters. The number of hydrogen-bond donors (Lipinski definition) is 0. The third kappa shape index (κ3) is 5.74. The van der Waals surface area contributed by atoms with Crippen LogP contribution in [-0.2, 0) is 0 Å². The summed E-state index contributed by atoms with van der Waals surface area (Å²) in [6.07, 6.45) is 0. The van der Waals surface area contributed by atoms with Crippen molar-refractivity contribution in [2.24, 2.45) is 0 Å². The molecule has 0 aliphatic heterocycles. The van der Waals surface area contributed by atoms with Gasteiger partial charge in [-0.2, -0.15) is 0 Å². The average molecular weight is 471 g/mol. The van der Waals surface area contributed by atoms with E-state index in [0.717, 1.165) is 26.2 Å². The molecule has 0 N–H and O–H groups in total. The van der Waals surface area contributed by atoms with Crippen molar-refractivity contribution in [3.63, 3.8) is 0 Å². The molecule has 0 unspecified atom stereocenters. The first-order valence-electron chi connectivity index (χ1n) is 13.6. The van der Waals surface area contributed by atoms with E-state index in [1.165, 1.54) is 50.3 Å². The molecule has 2 nitrogen and oxygen atoms in total. The van der Waals surface area contributed by atoms with Gasteiger partial charge in [0.25, 0.3) is 0 Å². The Kier molecular flexibility index (Phi) is 9.05. The van der Waals surface area contributed by atoms with E-state index < -0.39 is 0 Å². The van der Waals surface area contributed by atoms with E-state index in [0.29, 0.717) is 5.92 Å². The Bertz CT molecular complexity index is 1060. The maximum atomic E-state index is 2.43. The van der Waals surface area contributed by atoms with Crippen molar-refractivity contribution < 1.29 is 0 Å². The van der Waals surface area contributed by atoms with Crippen LogP contribution < -0.4 is 9.80 Å². The summed E-state index contributed by atoms with van der Waals surface area (Å²) < 4.78 is 0. The van der Waals surface area contributed by atoms with Crippen molar-refractivity contribution in [1.82, 2.24) is 0 Å². The second kappa shape index (κ2) is 11.8. The molecule has 3 aromatic rings. The Labute approximate surface area is 215 Å². The Morgan fingerprint density at radius 3 is 1.29 bits per heavy atom. The van der Waals surface area contributed by atoms with Crippen LogP contribution in [0.15, 0.2) is 54.6 Å². The Morgan fingerprint density at radius 2 is 0.943 bits per heavy atom. The number of anilines is 2. The fraction of sp³-hybridized carbons (Fsp3) is 0.455. The zero-order valence-electron chi connectivity index (χ0n) is 23.6. The summed E-state index contributed by atoms with van der Waals surface area (Å²) in [5.74, 6) is 0.749. The first-order valence-corrected chi connectivity index (χ1v) is 13.6. The van der Waals surface area contributed by atoms with Gasteiger partial charge in [0.2, 0.25) is 0 Å². The monoisotopic (exact) mass is 470 g/mol. The molecule has 0 fully saturated rings. The van der Waals surface area contributed by atoms with Crippen LogP contribution in [0, 0.1) is 20.8 Å². The first-order chi connectivity index (χ1) is 16.7. The molecule has 0 amide bonds. The van der Waals surface area contributed by atoms with Crippen LogP contribution in [-0.4, -0.2) is 26.2 Å². The van der Waals surface area contributed by atoms with E-state index in [4.69, 9.17) is 0 Å². The zero-order valence-corrected chi connectivity index (χ0v) is 23.6. The quantitative estimate of drug-likeness (QED) is 0.274. The SMILES string of the molecule is CCN(CC)c1ccc(C(c2ccc(C(C)C)c(C)c2)c2ccc(N(CC)CC)cc2C)c(C)c1. The number of rotatable bonds is 10. The summed E-state index contributed by atoms with van der Waals surface area (Å²) in [7, 11) is 0. The molecule has 0 radical (unpaired) electrons. The van der Waals surface area contributed by atoms with Crippen molar-refractivity contribution in [2.75, 3.05) is 36.0 Å². The van der Waals surface area contributed by atoms with Crippen LogP contribution in [0.4, 0.5) is 11.4 Å². The molecule has 0 bridgehead atoms. The Morgan fingerprint density at radius 1 is 0.543 bits per heavy atom. The van der Waals surface area contributed by atoms with Crippen LogP contribution in [0.3, 0.4) is 0 Å². The average Bonchev–Trinajstić information content (AvgIpc) is 2.83. The largest absolute Gasteiger partial charge is 0.372 e. The van der Waals surface area contributed by atoms with E-state index >= 15 is 0 Å². The smallest absolute Gasteiger partial charge is 0.0368 e. The van der Waals surface area contributed by atoms with Crippen LogP contribution in [0.1, 0.15) is 92.3 Å². The summed E-state index contributed by atoms with van der Waals surface area (Å²) in [5.41, 5.74) is 12.4.